The number of aryl methyl sites for hydroxylation is 1. The van der Waals surface area contributed by atoms with E-state index in [1.807, 2.05) is 48.2 Å². The summed E-state index contributed by atoms with van der Waals surface area (Å²) in [6.07, 6.45) is 0. The van der Waals surface area contributed by atoms with Gasteiger partial charge in [-0.15, -0.1) is 0 Å². The number of piperazine rings is 1. The number of rotatable bonds is 2. The number of fused-ring (bicyclic) bond motifs is 1. The zero-order chi connectivity index (χ0) is 19.0. The predicted molar refractivity (Wildman–Crippen MR) is 109 cm³/mol. The lowest BCUT2D eigenvalue weighted by Crippen LogP contribution is -2.48. The second-order valence-electron chi connectivity index (χ2n) is 7.09. The number of carbonyl (C=O) groups excluding carboxylic acids is 1. The Bertz CT molecular complexity index is 1050. The summed E-state index contributed by atoms with van der Waals surface area (Å²) in [5.41, 5.74) is 4.00. The summed E-state index contributed by atoms with van der Waals surface area (Å²) in [7, 11) is 0. The van der Waals surface area contributed by atoms with Crippen LogP contribution >= 0.6 is 0 Å². The SMILES string of the molecule is CC(=O)N1CCN(c2ccc(-c3cc4c(C)cccc4c(=O)[nH]3)cc2)CC1. The van der Waals surface area contributed by atoms with Gasteiger partial charge < -0.3 is 14.8 Å². The molecule has 5 nitrogen and oxygen atoms in total. The molecule has 1 saturated heterocycles. The van der Waals surface area contributed by atoms with Gasteiger partial charge in [0.1, 0.15) is 0 Å². The number of hydrogen-bond donors (Lipinski definition) is 1. The molecule has 1 aliphatic rings. The van der Waals surface area contributed by atoms with Crippen LogP contribution in [0.25, 0.3) is 22.0 Å². The highest BCUT2D eigenvalue weighted by Gasteiger charge is 2.18. The van der Waals surface area contributed by atoms with Gasteiger partial charge in [0.15, 0.2) is 0 Å². The number of hydrogen-bond acceptors (Lipinski definition) is 3. The molecule has 1 amide bonds. The van der Waals surface area contributed by atoms with Gasteiger partial charge in [-0.1, -0.05) is 24.3 Å². The van der Waals surface area contributed by atoms with Crippen LogP contribution in [0.3, 0.4) is 0 Å². The molecule has 3 aromatic rings. The van der Waals surface area contributed by atoms with Crippen molar-refractivity contribution in [2.24, 2.45) is 0 Å². The number of benzene rings is 2. The van der Waals surface area contributed by atoms with Gasteiger partial charge in [-0.05, 0) is 47.7 Å². The second-order valence-corrected chi connectivity index (χ2v) is 7.09. The molecule has 27 heavy (non-hydrogen) atoms. The summed E-state index contributed by atoms with van der Waals surface area (Å²) in [6, 6.07) is 16.1. The number of nitrogens with one attached hydrogen (secondary N) is 1. The first kappa shape index (κ1) is 17.3. The Kier molecular flexibility index (Phi) is 4.44. The molecular weight excluding hydrogens is 338 g/mol. The number of aromatic nitrogens is 1. The van der Waals surface area contributed by atoms with Gasteiger partial charge in [0.2, 0.25) is 5.91 Å². The highest BCUT2D eigenvalue weighted by atomic mass is 16.2. The van der Waals surface area contributed by atoms with Crippen molar-refractivity contribution in [1.29, 1.82) is 0 Å². The number of carbonyl (C=O) groups is 1. The van der Waals surface area contributed by atoms with Crippen LogP contribution in [0.4, 0.5) is 5.69 Å². The Morgan fingerprint density at radius 2 is 1.67 bits per heavy atom. The Balaban J connectivity index is 1.60. The molecule has 2 heterocycles. The minimum absolute atomic E-state index is 0.0596. The summed E-state index contributed by atoms with van der Waals surface area (Å²) < 4.78 is 0. The molecule has 0 radical (unpaired) electrons. The fourth-order valence-corrected chi connectivity index (χ4v) is 3.73. The maximum absolute atomic E-state index is 12.4. The molecule has 0 bridgehead atoms. The molecule has 138 valence electrons. The second kappa shape index (κ2) is 6.91. The van der Waals surface area contributed by atoms with Gasteiger partial charge in [-0.3, -0.25) is 9.59 Å². The minimum Gasteiger partial charge on any atom is -0.368 e. The molecular formula is C22H23N3O2. The van der Waals surface area contributed by atoms with Gasteiger partial charge >= 0.3 is 0 Å². The number of anilines is 1. The zero-order valence-corrected chi connectivity index (χ0v) is 15.7. The monoisotopic (exact) mass is 361 g/mol. The van der Waals surface area contributed by atoms with Crippen molar-refractivity contribution in [1.82, 2.24) is 9.88 Å². The van der Waals surface area contributed by atoms with Crippen molar-refractivity contribution in [3.05, 3.63) is 64.4 Å². The summed E-state index contributed by atoms with van der Waals surface area (Å²) >= 11 is 0. The summed E-state index contributed by atoms with van der Waals surface area (Å²) in [4.78, 5) is 31.1. The quantitative estimate of drug-likeness (QED) is 0.763. The van der Waals surface area contributed by atoms with Crippen molar-refractivity contribution in [2.75, 3.05) is 31.1 Å². The Labute approximate surface area is 158 Å². The zero-order valence-electron chi connectivity index (χ0n) is 15.7. The number of H-pyrrole nitrogens is 1. The van der Waals surface area contributed by atoms with E-state index in [-0.39, 0.29) is 11.5 Å². The third-order valence-corrected chi connectivity index (χ3v) is 5.37. The van der Waals surface area contributed by atoms with Gasteiger partial charge in [-0.2, -0.15) is 0 Å². The molecule has 5 heteroatoms. The molecule has 1 N–H and O–H groups in total. The molecule has 0 saturated carbocycles. The maximum atomic E-state index is 12.4. The number of amides is 1. The van der Waals surface area contributed by atoms with Crippen LogP contribution in [0.15, 0.2) is 53.3 Å². The highest BCUT2D eigenvalue weighted by Crippen LogP contribution is 2.25. The van der Waals surface area contributed by atoms with E-state index in [1.165, 1.54) is 0 Å². The van der Waals surface area contributed by atoms with E-state index in [2.05, 4.69) is 22.0 Å². The molecule has 1 aromatic heterocycles. The first-order valence-electron chi connectivity index (χ1n) is 9.26. The van der Waals surface area contributed by atoms with Gasteiger partial charge in [0, 0.05) is 49.9 Å². The summed E-state index contributed by atoms with van der Waals surface area (Å²) in [6.45, 7) is 6.84. The molecule has 0 aliphatic carbocycles. The van der Waals surface area contributed by atoms with Crippen LogP contribution < -0.4 is 10.5 Å². The van der Waals surface area contributed by atoms with Gasteiger partial charge in [0.25, 0.3) is 5.56 Å². The van der Waals surface area contributed by atoms with Crippen LogP contribution in [0.1, 0.15) is 12.5 Å². The lowest BCUT2D eigenvalue weighted by Gasteiger charge is -2.35. The third-order valence-electron chi connectivity index (χ3n) is 5.37. The topological polar surface area (TPSA) is 56.4 Å². The third kappa shape index (κ3) is 3.33. The van der Waals surface area contributed by atoms with Gasteiger partial charge in [-0.25, -0.2) is 0 Å². The first-order valence-corrected chi connectivity index (χ1v) is 9.26. The highest BCUT2D eigenvalue weighted by molar-refractivity contribution is 5.87. The average Bonchev–Trinajstić information content (AvgIpc) is 2.69. The average molecular weight is 361 g/mol. The number of nitrogens with zero attached hydrogens (tertiary/aromatic N) is 2. The van der Waals surface area contributed by atoms with Crippen molar-refractivity contribution in [2.45, 2.75) is 13.8 Å². The molecule has 4 rings (SSSR count). The lowest BCUT2D eigenvalue weighted by molar-refractivity contribution is -0.129. The number of pyridine rings is 1. The van der Waals surface area contributed by atoms with Crippen LogP contribution in [0, 0.1) is 6.92 Å². The van der Waals surface area contributed by atoms with E-state index < -0.39 is 0 Å². The number of aromatic amines is 1. The molecule has 1 fully saturated rings. The molecule has 0 atom stereocenters. The van der Waals surface area contributed by atoms with Crippen molar-refractivity contribution < 1.29 is 4.79 Å². The van der Waals surface area contributed by atoms with E-state index >= 15 is 0 Å². The molecule has 1 aliphatic heterocycles. The van der Waals surface area contributed by atoms with Crippen molar-refractivity contribution in [3.8, 4) is 11.3 Å². The Hall–Kier alpha value is -3.08. The fraction of sp³-hybridized carbons (Fsp3) is 0.273. The van der Waals surface area contributed by atoms with E-state index in [1.54, 1.807) is 6.92 Å². The van der Waals surface area contributed by atoms with E-state index in [0.29, 0.717) is 0 Å². The molecule has 2 aromatic carbocycles. The Morgan fingerprint density at radius 1 is 0.963 bits per heavy atom. The Morgan fingerprint density at radius 3 is 2.33 bits per heavy atom. The first-order chi connectivity index (χ1) is 13.0. The smallest absolute Gasteiger partial charge is 0.256 e. The predicted octanol–water partition coefficient (Wildman–Crippen LogP) is 3.17. The van der Waals surface area contributed by atoms with E-state index in [0.717, 1.165) is 59.5 Å². The normalized spacial score (nSPS) is 14.6. The van der Waals surface area contributed by atoms with Crippen molar-refractivity contribution in [3.63, 3.8) is 0 Å². The minimum atomic E-state index is -0.0596. The van der Waals surface area contributed by atoms with Crippen LogP contribution in [0.5, 0.6) is 0 Å². The summed E-state index contributed by atoms with van der Waals surface area (Å²) in [5, 5.41) is 1.71. The fourth-order valence-electron chi connectivity index (χ4n) is 3.73. The van der Waals surface area contributed by atoms with Crippen LogP contribution in [0.2, 0.25) is 0 Å². The van der Waals surface area contributed by atoms with E-state index in [4.69, 9.17) is 0 Å². The summed E-state index contributed by atoms with van der Waals surface area (Å²) in [5.74, 6) is 0.139. The maximum Gasteiger partial charge on any atom is 0.256 e. The molecule has 0 spiro atoms. The van der Waals surface area contributed by atoms with E-state index in [9.17, 15) is 9.59 Å². The van der Waals surface area contributed by atoms with Crippen molar-refractivity contribution >= 4 is 22.4 Å². The van der Waals surface area contributed by atoms with Gasteiger partial charge in [0.05, 0.1) is 0 Å². The van der Waals surface area contributed by atoms with Crippen LogP contribution in [-0.2, 0) is 4.79 Å². The van der Waals surface area contributed by atoms with Crippen LogP contribution in [-0.4, -0.2) is 42.0 Å². The standard InChI is InChI=1S/C22H23N3O2/c1-15-4-3-5-19-20(15)14-21(23-22(19)27)17-6-8-18(9-7-17)25-12-10-24(11-13-25)16(2)26/h3-9,14H,10-13H2,1-2H3,(H,23,27). The molecule has 0 unspecified atom stereocenters. The lowest BCUT2D eigenvalue weighted by atomic mass is 10.0. The largest absolute Gasteiger partial charge is 0.368 e.